The van der Waals surface area contributed by atoms with Crippen molar-refractivity contribution in [3.05, 3.63) is 34.1 Å². The first-order valence-electron chi connectivity index (χ1n) is 7.19. The Kier molecular flexibility index (Phi) is 5.58. The van der Waals surface area contributed by atoms with E-state index in [-0.39, 0.29) is 11.2 Å². The molecule has 0 amide bonds. The normalized spacial score (nSPS) is 18.0. The van der Waals surface area contributed by atoms with Crippen LogP contribution in [-0.2, 0) is 11.2 Å². The first kappa shape index (κ1) is 15.9. The molecule has 1 aromatic rings. The fourth-order valence-corrected chi connectivity index (χ4v) is 3.20. The summed E-state index contributed by atoms with van der Waals surface area (Å²) in [4.78, 5) is 0. The molecule has 0 aliphatic heterocycles. The summed E-state index contributed by atoms with van der Waals surface area (Å²) in [6.07, 6.45) is 3.30. The van der Waals surface area contributed by atoms with Gasteiger partial charge in [-0.1, -0.05) is 22.9 Å². The maximum atomic E-state index is 14.0. The molecule has 4 heteroatoms. The van der Waals surface area contributed by atoms with Crippen molar-refractivity contribution in [2.45, 2.75) is 26.2 Å². The Bertz CT molecular complexity index is 450. The summed E-state index contributed by atoms with van der Waals surface area (Å²) in [6, 6.07) is 5.21. The van der Waals surface area contributed by atoms with Crippen LogP contribution in [0.2, 0.25) is 0 Å². The Morgan fingerprint density at radius 3 is 2.85 bits per heavy atom. The topological polar surface area (TPSA) is 21.3 Å². The van der Waals surface area contributed by atoms with Crippen LogP contribution in [-0.4, -0.2) is 26.8 Å². The molecular formula is C16H23BrFNO. The zero-order valence-corrected chi connectivity index (χ0v) is 13.8. The largest absolute Gasteiger partial charge is 0.383 e. The van der Waals surface area contributed by atoms with Crippen molar-refractivity contribution >= 4 is 15.9 Å². The van der Waals surface area contributed by atoms with E-state index in [1.807, 2.05) is 6.07 Å². The Morgan fingerprint density at radius 1 is 1.45 bits per heavy atom. The zero-order chi connectivity index (χ0) is 14.6. The van der Waals surface area contributed by atoms with E-state index in [4.69, 9.17) is 4.74 Å². The lowest BCUT2D eigenvalue weighted by molar-refractivity contribution is 0.187. The maximum Gasteiger partial charge on any atom is 0.126 e. The fourth-order valence-electron chi connectivity index (χ4n) is 2.79. The lowest BCUT2D eigenvalue weighted by Crippen LogP contribution is -2.37. The van der Waals surface area contributed by atoms with Gasteiger partial charge in [0.25, 0.3) is 0 Å². The predicted molar refractivity (Wildman–Crippen MR) is 83.4 cm³/mol. The van der Waals surface area contributed by atoms with Crippen molar-refractivity contribution in [1.29, 1.82) is 0 Å². The minimum Gasteiger partial charge on any atom is -0.383 e. The number of benzene rings is 1. The third-order valence-electron chi connectivity index (χ3n) is 4.18. The molecule has 1 aromatic carbocycles. The van der Waals surface area contributed by atoms with Crippen LogP contribution in [0.25, 0.3) is 0 Å². The number of ether oxygens (including phenoxy) is 1. The molecule has 20 heavy (non-hydrogen) atoms. The third-order valence-corrected chi connectivity index (χ3v) is 4.67. The number of halogens is 2. The highest BCUT2D eigenvalue weighted by molar-refractivity contribution is 9.10. The molecule has 1 unspecified atom stereocenters. The van der Waals surface area contributed by atoms with Crippen LogP contribution in [0.15, 0.2) is 22.7 Å². The van der Waals surface area contributed by atoms with Crippen LogP contribution in [0.5, 0.6) is 0 Å². The minimum atomic E-state index is -0.100. The zero-order valence-electron chi connectivity index (χ0n) is 12.2. The number of rotatable bonds is 8. The molecule has 112 valence electrons. The molecule has 1 aliphatic carbocycles. The highest BCUT2D eigenvalue weighted by atomic mass is 79.9. The number of hydrogen-bond donors (Lipinski definition) is 1. The fraction of sp³-hybridized carbons (Fsp3) is 0.625. The van der Waals surface area contributed by atoms with Gasteiger partial charge in [-0.25, -0.2) is 4.39 Å². The van der Waals surface area contributed by atoms with E-state index in [1.54, 1.807) is 19.2 Å². The van der Waals surface area contributed by atoms with Gasteiger partial charge in [-0.15, -0.1) is 0 Å². The second-order valence-electron chi connectivity index (χ2n) is 6.01. The van der Waals surface area contributed by atoms with E-state index in [1.165, 1.54) is 12.8 Å². The number of nitrogens with one attached hydrogen (secondary N) is 1. The van der Waals surface area contributed by atoms with Crippen LogP contribution < -0.4 is 5.32 Å². The average Bonchev–Trinajstić information content (AvgIpc) is 3.24. The Labute approximate surface area is 129 Å². The van der Waals surface area contributed by atoms with E-state index in [2.05, 4.69) is 28.2 Å². The van der Waals surface area contributed by atoms with Gasteiger partial charge in [0.1, 0.15) is 5.82 Å². The van der Waals surface area contributed by atoms with Crippen LogP contribution >= 0.6 is 15.9 Å². The minimum absolute atomic E-state index is 0.100. The Hall–Kier alpha value is -0.450. The molecule has 0 saturated heterocycles. The SMILES string of the molecule is COCCNCC(C)(Cc1cc(Br)ccc1F)C1CC1. The second kappa shape index (κ2) is 7.01. The Balaban J connectivity index is 2.02. The van der Waals surface area contributed by atoms with Gasteiger partial charge < -0.3 is 10.1 Å². The van der Waals surface area contributed by atoms with Crippen molar-refractivity contribution in [2.75, 3.05) is 26.8 Å². The lowest BCUT2D eigenvalue weighted by Gasteiger charge is -2.30. The monoisotopic (exact) mass is 343 g/mol. The number of hydrogen-bond acceptors (Lipinski definition) is 2. The third kappa shape index (κ3) is 4.27. The van der Waals surface area contributed by atoms with Gasteiger partial charge >= 0.3 is 0 Å². The summed E-state index contributed by atoms with van der Waals surface area (Å²) in [5.41, 5.74) is 0.928. The highest BCUT2D eigenvalue weighted by Gasteiger charge is 2.41. The smallest absolute Gasteiger partial charge is 0.126 e. The summed E-state index contributed by atoms with van der Waals surface area (Å²) in [5.74, 6) is 0.605. The first-order chi connectivity index (χ1) is 9.55. The summed E-state index contributed by atoms with van der Waals surface area (Å²) >= 11 is 3.43. The van der Waals surface area contributed by atoms with Crippen molar-refractivity contribution in [3.63, 3.8) is 0 Å². The van der Waals surface area contributed by atoms with Gasteiger partial charge in [-0.05, 0) is 54.4 Å². The van der Waals surface area contributed by atoms with Gasteiger partial charge in [-0.2, -0.15) is 0 Å². The molecule has 2 rings (SSSR count). The van der Waals surface area contributed by atoms with E-state index in [9.17, 15) is 4.39 Å². The van der Waals surface area contributed by atoms with Crippen LogP contribution in [0.4, 0.5) is 4.39 Å². The van der Waals surface area contributed by atoms with E-state index >= 15 is 0 Å². The number of methoxy groups -OCH3 is 1. The molecule has 0 heterocycles. The van der Waals surface area contributed by atoms with E-state index < -0.39 is 0 Å². The van der Waals surface area contributed by atoms with Gasteiger partial charge in [0.2, 0.25) is 0 Å². The molecule has 0 bridgehead atoms. The lowest BCUT2D eigenvalue weighted by atomic mass is 9.78. The van der Waals surface area contributed by atoms with Crippen molar-refractivity contribution in [2.24, 2.45) is 11.3 Å². The van der Waals surface area contributed by atoms with Gasteiger partial charge in [0, 0.05) is 24.7 Å². The molecule has 0 spiro atoms. The van der Waals surface area contributed by atoms with Crippen LogP contribution in [0.3, 0.4) is 0 Å². The molecule has 1 N–H and O–H groups in total. The van der Waals surface area contributed by atoms with Gasteiger partial charge in [0.15, 0.2) is 0 Å². The van der Waals surface area contributed by atoms with Gasteiger partial charge in [-0.3, -0.25) is 0 Å². The molecule has 1 fully saturated rings. The molecule has 0 aromatic heterocycles. The first-order valence-corrected chi connectivity index (χ1v) is 7.98. The second-order valence-corrected chi connectivity index (χ2v) is 6.93. The van der Waals surface area contributed by atoms with Crippen molar-refractivity contribution in [1.82, 2.24) is 5.32 Å². The molecule has 1 atom stereocenters. The molecule has 2 nitrogen and oxygen atoms in total. The summed E-state index contributed by atoms with van der Waals surface area (Å²) in [7, 11) is 1.71. The Morgan fingerprint density at radius 2 is 2.20 bits per heavy atom. The molecule has 0 radical (unpaired) electrons. The van der Waals surface area contributed by atoms with Crippen LogP contribution in [0.1, 0.15) is 25.3 Å². The average molecular weight is 344 g/mol. The van der Waals surface area contributed by atoms with Crippen LogP contribution in [0, 0.1) is 17.2 Å². The maximum absolute atomic E-state index is 14.0. The molecule has 1 saturated carbocycles. The predicted octanol–water partition coefficient (Wildman–Crippen LogP) is 3.78. The van der Waals surface area contributed by atoms with E-state index in [0.29, 0.717) is 12.5 Å². The van der Waals surface area contributed by atoms with E-state index in [0.717, 1.165) is 29.5 Å². The van der Waals surface area contributed by atoms with Gasteiger partial charge in [0.05, 0.1) is 6.61 Å². The molecular weight excluding hydrogens is 321 g/mol. The molecule has 1 aliphatic rings. The quantitative estimate of drug-likeness (QED) is 0.725. The summed E-state index contributed by atoms with van der Waals surface area (Å²) < 4.78 is 20.0. The standard InChI is InChI=1S/C16H23BrFNO/c1-16(13-3-4-13,11-19-7-8-20-2)10-12-9-14(17)5-6-15(12)18/h5-6,9,13,19H,3-4,7-8,10-11H2,1-2H3. The van der Waals surface area contributed by atoms with Crippen molar-refractivity contribution in [3.8, 4) is 0 Å². The summed E-state index contributed by atoms with van der Waals surface area (Å²) in [6.45, 7) is 4.74. The highest BCUT2D eigenvalue weighted by Crippen LogP contribution is 2.47. The summed E-state index contributed by atoms with van der Waals surface area (Å²) in [5, 5.41) is 3.44. The van der Waals surface area contributed by atoms with Crippen molar-refractivity contribution < 1.29 is 9.13 Å².